The number of aliphatic imine (C=N–C) groups is 2. The molecule has 2 bridgehead atoms. The first-order valence-corrected chi connectivity index (χ1v) is 23.7. The number of fused-ring (bicyclic) bond motifs is 3. The summed E-state index contributed by atoms with van der Waals surface area (Å²) in [5.74, 6) is 0.766. The van der Waals surface area contributed by atoms with Gasteiger partial charge in [-0.2, -0.15) is 0 Å². The van der Waals surface area contributed by atoms with Crippen LogP contribution in [-0.2, 0) is 40.9 Å². The molecule has 11 nitrogen and oxygen atoms in total. The van der Waals surface area contributed by atoms with E-state index in [9.17, 15) is 19.1 Å². The minimum absolute atomic E-state index is 0.0564. The Bertz CT molecular complexity index is 2260. The van der Waals surface area contributed by atoms with E-state index in [1.165, 1.54) is 19.3 Å². The van der Waals surface area contributed by atoms with E-state index in [-0.39, 0.29) is 42.0 Å². The van der Waals surface area contributed by atoms with Gasteiger partial charge in [0, 0.05) is 5.56 Å². The summed E-state index contributed by atoms with van der Waals surface area (Å²) in [6, 6.07) is 8.23. The number of amides is 1. The van der Waals surface area contributed by atoms with Crippen LogP contribution in [0, 0.1) is 13.8 Å². The molecule has 3 unspecified atom stereocenters. The molecule has 4 heterocycles. The molecule has 7 rings (SSSR count). The van der Waals surface area contributed by atoms with Gasteiger partial charge in [-0.1, -0.05) is 23.7 Å². The molecule has 3 aliphatic heterocycles. The first-order valence-electron chi connectivity index (χ1n) is 20.1. The number of amidine groups is 2. The Morgan fingerprint density at radius 2 is 1.95 bits per heavy atom. The summed E-state index contributed by atoms with van der Waals surface area (Å²) in [5, 5.41) is 13.6. The molecule has 3 atom stereocenters. The second kappa shape index (κ2) is 19.2. The molecular formula is C44H49ClFI2N6O5-. The summed E-state index contributed by atoms with van der Waals surface area (Å²) < 4.78 is 25.4. The molecule has 1 aromatic heterocycles. The average Bonchev–Trinajstić information content (AvgIpc) is 3.64. The monoisotopic (exact) mass is 1050 g/mol. The van der Waals surface area contributed by atoms with E-state index in [0.717, 1.165) is 78.5 Å². The fourth-order valence-electron chi connectivity index (χ4n) is 7.98. The van der Waals surface area contributed by atoms with Gasteiger partial charge in [0.05, 0.1) is 18.2 Å². The minimum Gasteiger partial charge on any atom is -0.227 e. The normalized spacial score (nSPS) is 21.0. The molecule has 59 heavy (non-hydrogen) atoms. The minimum atomic E-state index is -1.62. The van der Waals surface area contributed by atoms with Gasteiger partial charge >= 0.3 is 257 Å². The van der Waals surface area contributed by atoms with Crippen molar-refractivity contribution in [3.8, 4) is 5.75 Å². The summed E-state index contributed by atoms with van der Waals surface area (Å²) in [6.45, 7) is 8.44. The Hall–Kier alpha value is -3.32. The number of anilines is 1. The molecule has 0 radical (unpaired) electrons. The summed E-state index contributed by atoms with van der Waals surface area (Å²) >= 11 is 7.64. The van der Waals surface area contributed by atoms with E-state index in [1.807, 2.05) is 18.7 Å². The number of rotatable bonds is 11. The fraction of sp³-hybridized carbons (Fsp3) is 0.455. The summed E-state index contributed by atoms with van der Waals surface area (Å²) in [5.41, 5.74) is 8.22. The number of allylic oxidation sites excluding steroid dienone is 3. The van der Waals surface area contributed by atoms with E-state index in [1.54, 1.807) is 41.6 Å². The van der Waals surface area contributed by atoms with Gasteiger partial charge in [-0.3, -0.25) is 0 Å². The van der Waals surface area contributed by atoms with Crippen LogP contribution in [0.3, 0.4) is 0 Å². The van der Waals surface area contributed by atoms with Gasteiger partial charge in [0.2, 0.25) is 0 Å². The molecule has 4 aliphatic rings. The van der Waals surface area contributed by atoms with Crippen molar-refractivity contribution in [3.63, 3.8) is 0 Å². The van der Waals surface area contributed by atoms with E-state index in [0.29, 0.717) is 63.4 Å². The first-order chi connectivity index (χ1) is 28.3. The number of ketones is 1. The zero-order valence-electron chi connectivity index (χ0n) is 33.7. The molecule has 3 aromatic rings. The molecular weight excluding hydrogens is 1000 g/mol. The molecule has 0 fully saturated rings. The van der Waals surface area contributed by atoms with Crippen molar-refractivity contribution in [2.75, 3.05) is 11.9 Å². The van der Waals surface area contributed by atoms with Crippen LogP contribution in [0.25, 0.3) is 0 Å². The number of benzene rings is 2. The Labute approximate surface area is 374 Å². The molecule has 0 saturated heterocycles. The van der Waals surface area contributed by atoms with Crippen LogP contribution in [0.2, 0.25) is 5.02 Å². The number of aromatic hydroxyl groups is 1. The third-order valence-corrected chi connectivity index (χ3v) is 14.7. The van der Waals surface area contributed by atoms with Gasteiger partial charge in [-0.25, -0.2) is 4.39 Å². The number of aryl methyl sites for hydroxylation is 2. The number of ether oxygens (including phenoxy) is 1. The van der Waals surface area contributed by atoms with Crippen LogP contribution in [-0.4, -0.2) is 59.8 Å². The third kappa shape index (κ3) is 10.2. The van der Waals surface area contributed by atoms with Crippen molar-refractivity contribution in [2.24, 2.45) is 9.98 Å². The quantitative estimate of drug-likeness (QED) is 0.166. The van der Waals surface area contributed by atoms with Gasteiger partial charge < -0.3 is 4.74 Å². The number of nitrogens with one attached hydrogen (secondary N) is 1. The van der Waals surface area contributed by atoms with E-state index in [4.69, 9.17) is 29.4 Å². The zero-order chi connectivity index (χ0) is 41.8. The number of nitrogens with zero attached hydrogens (tertiary/aromatic N) is 5. The van der Waals surface area contributed by atoms with Crippen LogP contribution < -0.4 is 26.9 Å². The molecule has 15 heteroatoms. The summed E-state index contributed by atoms with van der Waals surface area (Å²) in [7, 11) is 0. The van der Waals surface area contributed by atoms with Gasteiger partial charge in [0.25, 0.3) is 0 Å². The van der Waals surface area contributed by atoms with E-state index < -0.39 is 31.3 Å². The Morgan fingerprint density at radius 3 is 2.71 bits per heavy atom. The standard InChI is InChI=1S/C44H49ClFI2N6O5/c1-5-37-40(27-10-7-6-8-12-31(13-9-11-27)48-59-23-36-41(56)26(3)49-24-50-36)42(57)35-19-38(53-43(52-35)32-17-29-22-58-21-28(29)16-25(32)2)54(37)20-39(55)51-34-15-14-30(18-33(34)45)44(4,46)47/h11,14-18,24,31,35,56H,5-10,12-13,19-23H2,1-4H3,(H,51,55)/q-1. The van der Waals surface area contributed by atoms with E-state index in [2.05, 4.69) is 33.5 Å². The van der Waals surface area contributed by atoms with Crippen molar-refractivity contribution >= 4 is 63.2 Å². The number of carbonyl (C=O) groups is 2. The van der Waals surface area contributed by atoms with Gasteiger partial charge in [-0.05, 0) is 59.7 Å². The Kier molecular flexibility index (Phi) is 14.2. The second-order valence-electron chi connectivity index (χ2n) is 15.5. The molecule has 0 saturated carbocycles. The van der Waals surface area contributed by atoms with E-state index >= 15 is 0 Å². The van der Waals surface area contributed by atoms with Gasteiger partial charge in [0.1, 0.15) is 0 Å². The predicted molar refractivity (Wildman–Crippen MR) is 231 cm³/mol. The Morgan fingerprint density at radius 1 is 1.15 bits per heavy atom. The summed E-state index contributed by atoms with van der Waals surface area (Å²) in [4.78, 5) is 49.4. The maximum absolute atomic E-state index is 15.0. The number of hydrogen-bond donors (Lipinski definition) is 2. The molecule has 2 N–H and O–H groups in total. The number of Topliss-reactive ketones (excluding diaryl/α,β-unsaturated/α-hetero) is 1. The first kappa shape index (κ1) is 43.8. The number of carbonyl (C=O) groups excluding carboxylic acids is 2. The summed E-state index contributed by atoms with van der Waals surface area (Å²) in [6.07, 6.45) is 10.9. The van der Waals surface area contributed by atoms with Crippen molar-refractivity contribution in [1.82, 2.24) is 14.9 Å². The van der Waals surface area contributed by atoms with Crippen molar-refractivity contribution in [2.45, 2.75) is 119 Å². The van der Waals surface area contributed by atoms with Crippen LogP contribution in [0.1, 0.15) is 111 Å². The molecule has 1 aliphatic carbocycles. The van der Waals surface area contributed by atoms with Crippen molar-refractivity contribution in [1.29, 1.82) is 0 Å². The molecule has 2 aromatic carbocycles. The van der Waals surface area contributed by atoms with Crippen LogP contribution in [0.15, 0.2) is 69.6 Å². The fourth-order valence-corrected chi connectivity index (χ4v) is 10.8. The third-order valence-electron chi connectivity index (χ3n) is 11.2. The molecule has 0 spiro atoms. The number of aromatic nitrogens is 2. The molecule has 1 amide bonds. The Balaban J connectivity index is 1.20. The maximum atomic E-state index is 15.0. The van der Waals surface area contributed by atoms with Crippen molar-refractivity contribution < 1.29 is 48.5 Å². The topological polar surface area (TPSA) is 139 Å². The zero-order valence-corrected chi connectivity index (χ0v) is 38.8. The van der Waals surface area contributed by atoms with Crippen LogP contribution >= 0.6 is 34.2 Å². The second-order valence-corrected chi connectivity index (χ2v) is 20.8. The van der Waals surface area contributed by atoms with Crippen molar-refractivity contribution in [3.05, 3.63) is 104 Å². The molecule has 314 valence electrons. The van der Waals surface area contributed by atoms with Crippen LogP contribution in [0.5, 0.6) is 5.75 Å². The smallest absolute Gasteiger partial charge is 0.227 e. The number of alkyl halides is 3. The average molecular weight is 1050 g/mol. The number of hydrogen-bond acceptors (Lipinski definition) is 10. The van der Waals surface area contributed by atoms with Gasteiger partial charge in [-0.15, -0.1) is 0 Å². The van der Waals surface area contributed by atoms with Crippen LogP contribution in [0.4, 0.5) is 10.1 Å². The number of halogens is 4. The predicted octanol–water partition coefficient (Wildman–Crippen LogP) is 6.42. The van der Waals surface area contributed by atoms with Gasteiger partial charge in [0.15, 0.2) is 3.68 Å². The SMILES string of the molecule is CCC1=C(C2=CCCC([I-]OCc3ncnc(C)c3O)CCCCC2)C(=O)C2CC(=NC(c3cc4c(cc3C)COC4)=N2)N1CC(=O)Nc1ccc(C(C)(F)I)cc1Cl.